The lowest BCUT2D eigenvalue weighted by Gasteiger charge is -2.13. The maximum atomic E-state index is 12.4. The molecule has 0 bridgehead atoms. The summed E-state index contributed by atoms with van der Waals surface area (Å²) in [6, 6.07) is 2.87. The van der Waals surface area contributed by atoms with E-state index in [1.165, 1.54) is 40.4 Å². The lowest BCUT2D eigenvalue weighted by molar-refractivity contribution is 0.0472. The van der Waals surface area contributed by atoms with E-state index in [0.29, 0.717) is 34.1 Å². The molecule has 0 amide bonds. The van der Waals surface area contributed by atoms with Crippen molar-refractivity contribution in [1.29, 1.82) is 0 Å². The van der Waals surface area contributed by atoms with E-state index in [1.54, 1.807) is 13.8 Å². The number of H-pyrrole nitrogens is 1. The second-order valence-electron chi connectivity index (χ2n) is 6.09. The van der Waals surface area contributed by atoms with Crippen molar-refractivity contribution in [2.24, 2.45) is 0 Å². The van der Waals surface area contributed by atoms with E-state index >= 15 is 0 Å². The number of esters is 1. The molecule has 0 fully saturated rings. The molecular weight excluding hydrogens is 366 g/mol. The third-order valence-electron chi connectivity index (χ3n) is 4.30. The maximum absolute atomic E-state index is 12.4. The number of aromatic amines is 1. The van der Waals surface area contributed by atoms with E-state index in [1.807, 2.05) is 0 Å². The molecule has 1 N–H and O–H groups in total. The van der Waals surface area contributed by atoms with Crippen LogP contribution in [0.5, 0.6) is 17.2 Å². The highest BCUT2D eigenvalue weighted by Crippen LogP contribution is 2.38. The molecule has 28 heavy (non-hydrogen) atoms. The molecule has 8 heteroatoms. The first-order valence-electron chi connectivity index (χ1n) is 8.45. The number of carbonyl (C=O) groups excluding carboxylic acids is 3. The van der Waals surface area contributed by atoms with Crippen molar-refractivity contribution in [2.45, 2.75) is 20.8 Å². The van der Waals surface area contributed by atoms with Gasteiger partial charge in [-0.15, -0.1) is 0 Å². The Hall–Kier alpha value is -3.29. The zero-order chi connectivity index (χ0) is 21.0. The quantitative estimate of drug-likeness (QED) is 0.547. The summed E-state index contributed by atoms with van der Waals surface area (Å²) >= 11 is 0. The Bertz CT molecular complexity index is 902. The molecule has 0 unspecified atom stereocenters. The summed E-state index contributed by atoms with van der Waals surface area (Å²) in [5.74, 6) is -0.370. The van der Waals surface area contributed by atoms with Crippen LogP contribution in [0, 0.1) is 13.8 Å². The number of nitrogens with one attached hydrogen (secondary N) is 1. The standard InChI is InChI=1S/C20H23NO7/c1-10-17(12(3)22)11(2)21-18(10)14(23)9-28-20(24)13-7-15(25-4)19(27-6)16(8-13)26-5/h7-8,21H,9H2,1-6H3. The molecule has 1 heterocycles. The number of aryl methyl sites for hydroxylation is 1. The third kappa shape index (κ3) is 4.00. The van der Waals surface area contributed by atoms with Crippen molar-refractivity contribution in [3.63, 3.8) is 0 Å². The third-order valence-corrected chi connectivity index (χ3v) is 4.30. The van der Waals surface area contributed by atoms with E-state index < -0.39 is 18.4 Å². The first kappa shape index (κ1) is 21.0. The van der Waals surface area contributed by atoms with Crippen LogP contribution in [0.25, 0.3) is 0 Å². The van der Waals surface area contributed by atoms with Gasteiger partial charge in [0.15, 0.2) is 23.9 Å². The first-order valence-corrected chi connectivity index (χ1v) is 8.45. The largest absolute Gasteiger partial charge is 0.493 e. The minimum atomic E-state index is -0.722. The Morgan fingerprint density at radius 1 is 0.964 bits per heavy atom. The number of ketones is 2. The molecule has 0 radical (unpaired) electrons. The van der Waals surface area contributed by atoms with Crippen LogP contribution in [-0.4, -0.2) is 50.5 Å². The molecule has 1 aromatic heterocycles. The summed E-state index contributed by atoms with van der Waals surface area (Å²) < 4.78 is 20.7. The zero-order valence-electron chi connectivity index (χ0n) is 16.7. The van der Waals surface area contributed by atoms with Gasteiger partial charge in [-0.1, -0.05) is 0 Å². The Balaban J connectivity index is 2.20. The summed E-state index contributed by atoms with van der Waals surface area (Å²) in [4.78, 5) is 39.4. The van der Waals surface area contributed by atoms with Gasteiger partial charge < -0.3 is 23.9 Å². The summed E-state index contributed by atoms with van der Waals surface area (Å²) in [6.45, 7) is 4.34. The molecule has 0 saturated carbocycles. The van der Waals surface area contributed by atoms with Crippen molar-refractivity contribution in [2.75, 3.05) is 27.9 Å². The predicted molar refractivity (Wildman–Crippen MR) is 101 cm³/mol. The number of hydrogen-bond donors (Lipinski definition) is 1. The minimum absolute atomic E-state index is 0.139. The molecule has 1 aromatic carbocycles. The molecule has 0 aliphatic heterocycles. The summed E-state index contributed by atoms with van der Waals surface area (Å²) in [7, 11) is 4.31. The van der Waals surface area contributed by atoms with Crippen molar-refractivity contribution in [3.8, 4) is 17.2 Å². The number of rotatable bonds is 8. The van der Waals surface area contributed by atoms with Crippen LogP contribution in [0.15, 0.2) is 12.1 Å². The van der Waals surface area contributed by atoms with Crippen LogP contribution in [-0.2, 0) is 4.74 Å². The van der Waals surface area contributed by atoms with Gasteiger partial charge in [0.25, 0.3) is 0 Å². The summed E-state index contributed by atoms with van der Waals surface area (Å²) in [5.41, 5.74) is 2.01. The van der Waals surface area contributed by atoms with Gasteiger partial charge in [-0.3, -0.25) is 9.59 Å². The van der Waals surface area contributed by atoms with Crippen LogP contribution in [0.4, 0.5) is 0 Å². The monoisotopic (exact) mass is 389 g/mol. The first-order chi connectivity index (χ1) is 13.2. The van der Waals surface area contributed by atoms with Crippen LogP contribution in [0.2, 0.25) is 0 Å². The van der Waals surface area contributed by atoms with Crippen LogP contribution >= 0.6 is 0 Å². The van der Waals surface area contributed by atoms with Gasteiger partial charge >= 0.3 is 5.97 Å². The number of aromatic nitrogens is 1. The highest BCUT2D eigenvalue weighted by Gasteiger charge is 2.22. The van der Waals surface area contributed by atoms with Gasteiger partial charge in [-0.25, -0.2) is 4.79 Å². The normalized spacial score (nSPS) is 10.4. The zero-order valence-corrected chi connectivity index (χ0v) is 16.7. The lowest BCUT2D eigenvalue weighted by Crippen LogP contribution is -2.16. The highest BCUT2D eigenvalue weighted by molar-refractivity contribution is 6.04. The van der Waals surface area contributed by atoms with Crippen LogP contribution < -0.4 is 14.2 Å². The topological polar surface area (TPSA) is 104 Å². The van der Waals surface area contributed by atoms with Gasteiger partial charge in [-0.2, -0.15) is 0 Å². The number of ether oxygens (including phenoxy) is 4. The molecule has 0 aliphatic carbocycles. The fraction of sp³-hybridized carbons (Fsp3) is 0.350. The molecule has 0 atom stereocenters. The SMILES string of the molecule is COc1cc(C(=O)OCC(=O)c2[nH]c(C)c(C(C)=O)c2C)cc(OC)c1OC. The Labute approximate surface area is 162 Å². The number of Topliss-reactive ketones (excluding diaryl/α,β-unsaturated/α-hetero) is 2. The Morgan fingerprint density at radius 3 is 1.96 bits per heavy atom. The molecule has 8 nitrogen and oxygen atoms in total. The second kappa shape index (κ2) is 8.60. The van der Waals surface area contributed by atoms with E-state index in [2.05, 4.69) is 4.98 Å². The number of benzene rings is 1. The van der Waals surface area contributed by atoms with E-state index in [-0.39, 0.29) is 17.0 Å². The molecule has 2 aromatic rings. The molecular formula is C20H23NO7. The molecule has 0 saturated heterocycles. The van der Waals surface area contributed by atoms with Gasteiger partial charge in [0, 0.05) is 11.3 Å². The number of methoxy groups -OCH3 is 3. The molecule has 0 aliphatic rings. The minimum Gasteiger partial charge on any atom is -0.493 e. The van der Waals surface area contributed by atoms with Crippen molar-refractivity contribution in [1.82, 2.24) is 4.98 Å². The summed E-state index contributed by atoms with van der Waals surface area (Å²) in [5, 5.41) is 0. The number of hydrogen-bond acceptors (Lipinski definition) is 7. The van der Waals surface area contributed by atoms with Crippen LogP contribution in [0.1, 0.15) is 49.4 Å². The number of carbonyl (C=O) groups is 3. The van der Waals surface area contributed by atoms with Gasteiger partial charge in [0.05, 0.1) is 32.6 Å². The fourth-order valence-corrected chi connectivity index (χ4v) is 3.04. The van der Waals surface area contributed by atoms with E-state index in [9.17, 15) is 14.4 Å². The van der Waals surface area contributed by atoms with E-state index in [0.717, 1.165) is 0 Å². The van der Waals surface area contributed by atoms with Crippen molar-refractivity contribution >= 4 is 17.5 Å². The smallest absolute Gasteiger partial charge is 0.338 e. The van der Waals surface area contributed by atoms with Crippen LogP contribution in [0.3, 0.4) is 0 Å². The Kier molecular flexibility index (Phi) is 6.45. The van der Waals surface area contributed by atoms with Crippen molar-refractivity contribution in [3.05, 3.63) is 40.2 Å². The molecule has 150 valence electrons. The molecule has 0 spiro atoms. The van der Waals surface area contributed by atoms with Gasteiger partial charge in [0.2, 0.25) is 11.5 Å². The highest BCUT2D eigenvalue weighted by atomic mass is 16.5. The maximum Gasteiger partial charge on any atom is 0.338 e. The van der Waals surface area contributed by atoms with E-state index in [4.69, 9.17) is 18.9 Å². The average molecular weight is 389 g/mol. The average Bonchev–Trinajstić information content (AvgIpc) is 2.98. The lowest BCUT2D eigenvalue weighted by atomic mass is 10.1. The van der Waals surface area contributed by atoms with Gasteiger partial charge in [-0.05, 0) is 38.5 Å². The van der Waals surface area contributed by atoms with Gasteiger partial charge in [0.1, 0.15) is 0 Å². The molecule has 2 rings (SSSR count). The fourth-order valence-electron chi connectivity index (χ4n) is 3.04. The predicted octanol–water partition coefficient (Wildman–Crippen LogP) is 2.90. The summed E-state index contributed by atoms with van der Waals surface area (Å²) in [6.07, 6.45) is 0. The Morgan fingerprint density at radius 2 is 1.54 bits per heavy atom. The second-order valence-corrected chi connectivity index (χ2v) is 6.09. The van der Waals surface area contributed by atoms with Crippen molar-refractivity contribution < 1.29 is 33.3 Å².